The number of hydrogen-bond acceptors (Lipinski definition) is 4. The number of aromatic amines is 3. The van der Waals surface area contributed by atoms with Gasteiger partial charge in [0.05, 0.1) is 11.4 Å². The van der Waals surface area contributed by atoms with Crippen molar-refractivity contribution in [1.29, 1.82) is 0 Å². The summed E-state index contributed by atoms with van der Waals surface area (Å²) in [5.41, 5.74) is 4.74. The third kappa shape index (κ3) is 2.53. The molecule has 2 aliphatic rings. The monoisotopic (exact) mass is 501 g/mol. The van der Waals surface area contributed by atoms with Crippen molar-refractivity contribution in [3.63, 3.8) is 0 Å². The zero-order valence-electron chi connectivity index (χ0n) is 17.1. The molecule has 2 aromatic carbocycles. The number of carbonyl (C=O) groups excluding carboxylic acids is 1. The van der Waals surface area contributed by atoms with Crippen LogP contribution in [-0.4, -0.2) is 32.6 Å². The topological polar surface area (TPSA) is 116 Å². The first kappa shape index (κ1) is 18.7. The van der Waals surface area contributed by atoms with Crippen LogP contribution in [0.4, 0.5) is 4.79 Å². The van der Waals surface area contributed by atoms with E-state index < -0.39 is 11.6 Å². The zero-order chi connectivity index (χ0) is 22.3. The molecule has 1 saturated heterocycles. The number of hydrogen-bond donors (Lipinski definition) is 4. The number of rotatable bonds is 1. The molecule has 162 valence electrons. The van der Waals surface area contributed by atoms with Crippen LogP contribution in [0.15, 0.2) is 58.1 Å². The Morgan fingerprint density at radius 2 is 1.88 bits per heavy atom. The number of H-pyrrole nitrogens is 3. The summed E-state index contributed by atoms with van der Waals surface area (Å²) in [4.78, 5) is 40.1. The van der Waals surface area contributed by atoms with E-state index in [0.717, 1.165) is 37.4 Å². The van der Waals surface area contributed by atoms with E-state index in [2.05, 4.69) is 36.2 Å². The number of cyclic esters (lactones) is 1. The number of nitrogens with zero attached hydrogens (tertiary/aromatic N) is 1. The van der Waals surface area contributed by atoms with Gasteiger partial charge in [-0.1, -0.05) is 34.1 Å². The third-order valence-electron chi connectivity index (χ3n) is 6.61. The maximum absolute atomic E-state index is 13.4. The average Bonchev–Trinajstić information content (AvgIpc) is 3.49. The Morgan fingerprint density at radius 3 is 2.73 bits per heavy atom. The maximum atomic E-state index is 13.4. The molecule has 1 amide bonds. The van der Waals surface area contributed by atoms with Gasteiger partial charge in [-0.2, -0.15) is 0 Å². The molecular weight excluding hydrogens is 486 g/mol. The van der Waals surface area contributed by atoms with Crippen LogP contribution in [0.5, 0.6) is 0 Å². The number of alkyl carbamates (subject to hydrolysis) is 1. The Kier molecular flexibility index (Phi) is 3.60. The predicted molar refractivity (Wildman–Crippen MR) is 127 cm³/mol. The lowest BCUT2D eigenvalue weighted by Crippen LogP contribution is -2.44. The van der Waals surface area contributed by atoms with Crippen molar-refractivity contribution in [2.75, 3.05) is 6.61 Å². The molecule has 1 fully saturated rings. The first-order valence-electron chi connectivity index (χ1n) is 10.5. The number of nitrogens with one attached hydrogen (secondary N) is 4. The minimum atomic E-state index is -0.888. The highest BCUT2D eigenvalue weighted by molar-refractivity contribution is 9.10. The van der Waals surface area contributed by atoms with Gasteiger partial charge in [-0.3, -0.25) is 4.79 Å². The standard InChI is InChI=1S/C24H16BrN5O3/c25-12-4-5-13-14(8-27-17(13)6-12)20-22(31)29-19-15-9-26-16-3-1-2-11(18(15)16)7-24(21(19)28-20)10-33-23(32)30-24/h1-6,8-9,26-27H,7,10H2,(H,29,31)(H,30,32). The number of aromatic nitrogens is 4. The van der Waals surface area contributed by atoms with E-state index in [1.807, 2.05) is 42.6 Å². The first-order chi connectivity index (χ1) is 16.0. The summed E-state index contributed by atoms with van der Waals surface area (Å²) in [5, 5.41) is 4.90. The molecule has 4 N–H and O–H groups in total. The second-order valence-corrected chi connectivity index (χ2v) is 9.45. The van der Waals surface area contributed by atoms with E-state index in [4.69, 9.17) is 9.72 Å². The fourth-order valence-corrected chi connectivity index (χ4v) is 5.52. The van der Waals surface area contributed by atoms with Crippen molar-refractivity contribution in [3.05, 3.63) is 74.9 Å². The van der Waals surface area contributed by atoms with Gasteiger partial charge in [-0.25, -0.2) is 9.78 Å². The van der Waals surface area contributed by atoms with Crippen LogP contribution < -0.4 is 10.9 Å². The van der Waals surface area contributed by atoms with Crippen molar-refractivity contribution in [2.45, 2.75) is 12.0 Å². The molecule has 1 spiro atoms. The fourth-order valence-electron chi connectivity index (χ4n) is 5.16. The highest BCUT2D eigenvalue weighted by atomic mass is 79.9. The fraction of sp³-hybridized carbons (Fsp3) is 0.125. The average molecular weight is 502 g/mol. The largest absolute Gasteiger partial charge is 0.447 e. The first-order valence-corrected chi connectivity index (χ1v) is 11.3. The molecule has 0 bridgehead atoms. The van der Waals surface area contributed by atoms with Gasteiger partial charge < -0.3 is 25.0 Å². The Morgan fingerprint density at radius 1 is 1.03 bits per heavy atom. The molecule has 7 rings (SSSR count). The minimum absolute atomic E-state index is 0.128. The van der Waals surface area contributed by atoms with Crippen molar-refractivity contribution < 1.29 is 9.53 Å². The van der Waals surface area contributed by atoms with Gasteiger partial charge in [-0.05, 0) is 23.8 Å². The molecule has 4 heterocycles. The van der Waals surface area contributed by atoms with Crippen molar-refractivity contribution in [2.24, 2.45) is 0 Å². The van der Waals surface area contributed by atoms with Crippen LogP contribution in [0, 0.1) is 0 Å². The molecular formula is C24H16BrN5O3. The van der Waals surface area contributed by atoms with Gasteiger partial charge in [0.25, 0.3) is 5.56 Å². The van der Waals surface area contributed by atoms with Crippen LogP contribution in [-0.2, 0) is 16.7 Å². The van der Waals surface area contributed by atoms with Crippen molar-refractivity contribution in [3.8, 4) is 22.5 Å². The molecule has 1 unspecified atom stereocenters. The molecule has 0 saturated carbocycles. The highest BCUT2D eigenvalue weighted by Crippen LogP contribution is 2.43. The van der Waals surface area contributed by atoms with Gasteiger partial charge in [0.15, 0.2) is 0 Å². The Bertz CT molecular complexity index is 1700. The van der Waals surface area contributed by atoms with Crippen LogP contribution in [0.2, 0.25) is 0 Å². The molecule has 1 aliphatic heterocycles. The summed E-state index contributed by atoms with van der Waals surface area (Å²) in [7, 11) is 0. The zero-order valence-corrected chi connectivity index (χ0v) is 18.7. The molecule has 33 heavy (non-hydrogen) atoms. The number of carbonyl (C=O) groups is 1. The second kappa shape index (κ2) is 6.35. The summed E-state index contributed by atoms with van der Waals surface area (Å²) < 4.78 is 6.31. The normalized spacial score (nSPS) is 19.0. The molecule has 9 heteroatoms. The van der Waals surface area contributed by atoms with Crippen molar-refractivity contribution >= 4 is 43.8 Å². The van der Waals surface area contributed by atoms with E-state index in [9.17, 15) is 9.59 Å². The minimum Gasteiger partial charge on any atom is -0.447 e. The molecule has 1 atom stereocenters. The van der Waals surface area contributed by atoms with Gasteiger partial charge >= 0.3 is 6.09 Å². The van der Waals surface area contributed by atoms with Gasteiger partial charge in [0.1, 0.15) is 17.8 Å². The number of amides is 1. The Hall–Kier alpha value is -3.85. The quantitative estimate of drug-likeness (QED) is 0.273. The van der Waals surface area contributed by atoms with Gasteiger partial charge in [0, 0.05) is 56.2 Å². The van der Waals surface area contributed by atoms with Crippen LogP contribution in [0.25, 0.3) is 44.3 Å². The molecule has 5 aromatic rings. The number of fused-ring (bicyclic) bond motifs is 4. The lowest BCUT2D eigenvalue weighted by atomic mass is 9.88. The lowest BCUT2D eigenvalue weighted by Gasteiger charge is -2.26. The Labute approximate surface area is 194 Å². The van der Waals surface area contributed by atoms with E-state index in [-0.39, 0.29) is 12.2 Å². The third-order valence-corrected chi connectivity index (χ3v) is 7.10. The Balaban J connectivity index is 1.55. The van der Waals surface area contributed by atoms with Gasteiger partial charge in [-0.15, -0.1) is 0 Å². The van der Waals surface area contributed by atoms with Crippen LogP contribution >= 0.6 is 15.9 Å². The number of benzene rings is 2. The van der Waals surface area contributed by atoms with Gasteiger partial charge in [0.2, 0.25) is 0 Å². The smallest absolute Gasteiger partial charge is 0.408 e. The van der Waals surface area contributed by atoms with E-state index in [0.29, 0.717) is 29.1 Å². The molecule has 1 aliphatic carbocycles. The maximum Gasteiger partial charge on any atom is 0.408 e. The number of ether oxygens (including phenoxy) is 1. The lowest BCUT2D eigenvalue weighted by molar-refractivity contribution is 0.171. The van der Waals surface area contributed by atoms with E-state index in [1.165, 1.54) is 0 Å². The molecule has 0 radical (unpaired) electrons. The number of halogens is 1. The highest BCUT2D eigenvalue weighted by Gasteiger charge is 2.47. The molecule has 3 aromatic heterocycles. The summed E-state index contributed by atoms with van der Waals surface area (Å²) in [5.74, 6) is 0. The summed E-state index contributed by atoms with van der Waals surface area (Å²) in [6.07, 6.45) is 3.67. The summed E-state index contributed by atoms with van der Waals surface area (Å²) in [6, 6.07) is 11.8. The van der Waals surface area contributed by atoms with E-state index in [1.54, 1.807) is 6.20 Å². The van der Waals surface area contributed by atoms with Crippen molar-refractivity contribution in [1.82, 2.24) is 25.3 Å². The molecule has 8 nitrogen and oxygen atoms in total. The van der Waals surface area contributed by atoms with E-state index >= 15 is 0 Å². The SMILES string of the molecule is O=C1NC2(CO1)Cc1cccc3[nH]cc(c13)-c1[nH]c(=O)c(-c3c[nH]c4cc(Br)ccc34)nc12. The summed E-state index contributed by atoms with van der Waals surface area (Å²) in [6.45, 7) is 0.128. The van der Waals surface area contributed by atoms with Crippen LogP contribution in [0.3, 0.4) is 0 Å². The summed E-state index contributed by atoms with van der Waals surface area (Å²) >= 11 is 3.48. The predicted octanol–water partition coefficient (Wildman–Crippen LogP) is 4.32. The van der Waals surface area contributed by atoms with Crippen LogP contribution in [0.1, 0.15) is 11.3 Å². The second-order valence-electron chi connectivity index (χ2n) is 8.53.